The largest absolute Gasteiger partial charge is 0.497 e. The zero-order valence-corrected chi connectivity index (χ0v) is 16.9. The third-order valence-corrected chi connectivity index (χ3v) is 4.80. The van der Waals surface area contributed by atoms with Gasteiger partial charge in [0.1, 0.15) is 11.4 Å². The summed E-state index contributed by atoms with van der Waals surface area (Å²) in [5.74, 6) is -0.110. The van der Waals surface area contributed by atoms with E-state index < -0.39 is 5.91 Å². The van der Waals surface area contributed by atoms with Gasteiger partial charge < -0.3 is 20.4 Å². The maximum Gasteiger partial charge on any atom is 0.272 e. The van der Waals surface area contributed by atoms with E-state index in [-0.39, 0.29) is 11.6 Å². The fourth-order valence-corrected chi connectivity index (χ4v) is 3.18. The molecule has 0 spiro atoms. The number of aromatic amines is 1. The summed E-state index contributed by atoms with van der Waals surface area (Å²) < 4.78 is 5.15. The first-order valence-electron chi connectivity index (χ1n) is 9.73. The Morgan fingerprint density at radius 1 is 0.903 bits per heavy atom. The van der Waals surface area contributed by atoms with Crippen molar-refractivity contribution in [3.05, 3.63) is 102 Å². The van der Waals surface area contributed by atoms with Crippen molar-refractivity contribution in [3.63, 3.8) is 0 Å². The zero-order valence-electron chi connectivity index (χ0n) is 16.9. The minimum atomic E-state index is -0.431. The summed E-state index contributed by atoms with van der Waals surface area (Å²) in [4.78, 5) is 29.0. The van der Waals surface area contributed by atoms with Crippen LogP contribution in [0, 0.1) is 0 Å². The van der Waals surface area contributed by atoms with Crippen molar-refractivity contribution in [2.45, 2.75) is 0 Å². The highest BCUT2D eigenvalue weighted by Crippen LogP contribution is 2.21. The molecule has 3 N–H and O–H groups in total. The Morgan fingerprint density at radius 2 is 1.61 bits per heavy atom. The number of nitrogens with one attached hydrogen (secondary N) is 3. The predicted octanol–water partition coefficient (Wildman–Crippen LogP) is 4.59. The molecule has 0 atom stereocenters. The van der Waals surface area contributed by atoms with Gasteiger partial charge in [0.15, 0.2) is 0 Å². The Labute approximate surface area is 179 Å². The molecular weight excluding hydrogens is 390 g/mol. The number of anilines is 1. The second kappa shape index (κ2) is 9.00. The van der Waals surface area contributed by atoms with Crippen molar-refractivity contribution in [1.29, 1.82) is 0 Å². The van der Waals surface area contributed by atoms with Crippen molar-refractivity contribution in [1.82, 2.24) is 10.3 Å². The third-order valence-electron chi connectivity index (χ3n) is 4.80. The number of fused-ring (bicyclic) bond motifs is 1. The van der Waals surface area contributed by atoms with E-state index in [2.05, 4.69) is 15.6 Å². The molecule has 4 aromatic rings. The monoisotopic (exact) mass is 411 g/mol. The third kappa shape index (κ3) is 4.64. The van der Waals surface area contributed by atoms with Crippen LogP contribution in [-0.2, 0) is 4.79 Å². The van der Waals surface area contributed by atoms with Gasteiger partial charge in [-0.2, -0.15) is 0 Å². The number of rotatable bonds is 6. The molecule has 0 saturated heterocycles. The van der Waals surface area contributed by atoms with Crippen LogP contribution in [-0.4, -0.2) is 23.9 Å². The molecule has 6 nitrogen and oxygen atoms in total. The van der Waals surface area contributed by atoms with Crippen molar-refractivity contribution in [2.75, 3.05) is 12.4 Å². The van der Waals surface area contributed by atoms with Crippen LogP contribution < -0.4 is 15.4 Å². The van der Waals surface area contributed by atoms with Gasteiger partial charge in [-0.3, -0.25) is 9.59 Å². The van der Waals surface area contributed by atoms with Crippen molar-refractivity contribution in [2.24, 2.45) is 0 Å². The molecule has 1 aromatic heterocycles. The van der Waals surface area contributed by atoms with Crippen molar-refractivity contribution >= 4 is 34.5 Å². The lowest BCUT2D eigenvalue weighted by atomic mass is 10.1. The number of carbonyl (C=O) groups is 2. The van der Waals surface area contributed by atoms with Gasteiger partial charge in [-0.1, -0.05) is 36.4 Å². The Balaban J connectivity index is 1.65. The first-order valence-corrected chi connectivity index (χ1v) is 9.73. The number of carbonyl (C=O) groups excluding carboxylic acids is 2. The molecule has 0 unspecified atom stereocenters. The topological polar surface area (TPSA) is 83.2 Å². The molecule has 0 aliphatic heterocycles. The lowest BCUT2D eigenvalue weighted by molar-refractivity contribution is -0.113. The predicted molar refractivity (Wildman–Crippen MR) is 122 cm³/mol. The molecule has 0 fully saturated rings. The zero-order chi connectivity index (χ0) is 21.6. The standard InChI is InChI=1S/C25H21N3O3/c1-31-20-13-11-19(12-14-20)27-25(30)23(28-24(29)17-7-3-2-4-8-17)15-18-16-26-22-10-6-5-9-21(18)22/h2-16,26H,1H3,(H,27,30)(H,28,29)/b23-15+. The number of H-pyrrole nitrogens is 1. The average molecular weight is 411 g/mol. The van der Waals surface area contributed by atoms with E-state index in [0.29, 0.717) is 17.0 Å². The van der Waals surface area contributed by atoms with Gasteiger partial charge in [0, 0.05) is 33.9 Å². The maximum absolute atomic E-state index is 13.1. The number of benzene rings is 3. The van der Waals surface area contributed by atoms with Crippen LogP contribution in [0.15, 0.2) is 90.8 Å². The van der Waals surface area contributed by atoms with Gasteiger partial charge in [-0.25, -0.2) is 0 Å². The van der Waals surface area contributed by atoms with Crippen LogP contribution in [0.5, 0.6) is 5.75 Å². The molecule has 1 heterocycles. The highest BCUT2D eigenvalue weighted by atomic mass is 16.5. The summed E-state index contributed by atoms with van der Waals surface area (Å²) >= 11 is 0. The lowest BCUT2D eigenvalue weighted by Gasteiger charge is -2.11. The lowest BCUT2D eigenvalue weighted by Crippen LogP contribution is -2.30. The summed E-state index contributed by atoms with van der Waals surface area (Å²) in [5.41, 5.74) is 2.92. The van der Waals surface area contributed by atoms with E-state index in [1.807, 2.05) is 30.3 Å². The van der Waals surface area contributed by atoms with E-state index in [0.717, 1.165) is 16.5 Å². The van der Waals surface area contributed by atoms with Crippen LogP contribution in [0.25, 0.3) is 17.0 Å². The van der Waals surface area contributed by atoms with E-state index >= 15 is 0 Å². The SMILES string of the molecule is COc1ccc(NC(=O)/C(=C\c2c[nH]c3ccccc23)NC(=O)c2ccccc2)cc1. The smallest absolute Gasteiger partial charge is 0.272 e. The van der Waals surface area contributed by atoms with E-state index in [4.69, 9.17) is 4.74 Å². The number of amides is 2. The van der Waals surface area contributed by atoms with E-state index in [9.17, 15) is 9.59 Å². The molecule has 6 heteroatoms. The van der Waals surface area contributed by atoms with Gasteiger partial charge in [0.05, 0.1) is 7.11 Å². The highest BCUT2D eigenvalue weighted by Gasteiger charge is 2.16. The van der Waals surface area contributed by atoms with Gasteiger partial charge >= 0.3 is 0 Å². The van der Waals surface area contributed by atoms with Gasteiger partial charge in [-0.15, -0.1) is 0 Å². The summed E-state index contributed by atoms with van der Waals surface area (Å²) in [6.45, 7) is 0. The van der Waals surface area contributed by atoms with Crippen LogP contribution in [0.4, 0.5) is 5.69 Å². The fourth-order valence-electron chi connectivity index (χ4n) is 3.18. The molecule has 0 saturated carbocycles. The first kappa shape index (κ1) is 20.0. The molecule has 31 heavy (non-hydrogen) atoms. The average Bonchev–Trinajstić information content (AvgIpc) is 3.22. The second-order valence-electron chi connectivity index (χ2n) is 6.85. The molecule has 0 aliphatic rings. The molecule has 0 aliphatic carbocycles. The summed E-state index contributed by atoms with van der Waals surface area (Å²) in [7, 11) is 1.58. The number of hydrogen-bond donors (Lipinski definition) is 3. The van der Waals surface area contributed by atoms with Gasteiger partial charge in [0.25, 0.3) is 11.8 Å². The summed E-state index contributed by atoms with van der Waals surface area (Å²) in [6, 6.07) is 23.5. The molecule has 0 radical (unpaired) electrons. The normalized spacial score (nSPS) is 11.2. The van der Waals surface area contributed by atoms with Crippen molar-refractivity contribution < 1.29 is 14.3 Å². The number of para-hydroxylation sites is 1. The van der Waals surface area contributed by atoms with E-state index in [1.54, 1.807) is 67.9 Å². The Bertz CT molecular complexity index is 1240. The Hall–Kier alpha value is -4.32. The summed E-state index contributed by atoms with van der Waals surface area (Å²) in [6.07, 6.45) is 3.47. The minimum absolute atomic E-state index is 0.134. The fraction of sp³-hybridized carbons (Fsp3) is 0.0400. The summed E-state index contributed by atoms with van der Waals surface area (Å²) in [5, 5.41) is 6.52. The van der Waals surface area contributed by atoms with Gasteiger partial charge in [-0.05, 0) is 48.5 Å². The molecule has 0 bridgehead atoms. The van der Waals surface area contributed by atoms with Gasteiger partial charge in [0.2, 0.25) is 0 Å². The van der Waals surface area contributed by atoms with Crippen LogP contribution >= 0.6 is 0 Å². The molecular formula is C25H21N3O3. The van der Waals surface area contributed by atoms with Crippen molar-refractivity contribution in [3.8, 4) is 5.75 Å². The first-order chi connectivity index (χ1) is 15.1. The number of hydrogen-bond acceptors (Lipinski definition) is 3. The number of aromatic nitrogens is 1. The van der Waals surface area contributed by atoms with Crippen LogP contribution in [0.3, 0.4) is 0 Å². The number of ether oxygens (including phenoxy) is 1. The molecule has 4 rings (SSSR count). The minimum Gasteiger partial charge on any atom is -0.497 e. The maximum atomic E-state index is 13.1. The quantitative estimate of drug-likeness (QED) is 0.406. The second-order valence-corrected chi connectivity index (χ2v) is 6.85. The molecule has 154 valence electrons. The Kier molecular flexibility index (Phi) is 5.80. The molecule has 3 aromatic carbocycles. The van der Waals surface area contributed by atoms with E-state index in [1.165, 1.54) is 0 Å². The molecule has 2 amide bonds. The van der Waals surface area contributed by atoms with Crippen LogP contribution in [0.1, 0.15) is 15.9 Å². The highest BCUT2D eigenvalue weighted by molar-refractivity contribution is 6.11. The Morgan fingerprint density at radius 3 is 2.35 bits per heavy atom. The van der Waals surface area contributed by atoms with Crippen LogP contribution in [0.2, 0.25) is 0 Å². The number of methoxy groups -OCH3 is 1.